The molecule has 0 aromatic heterocycles. The number of carbonyl (C=O) groups excluding carboxylic acids is 6. The summed E-state index contributed by atoms with van der Waals surface area (Å²) in [6.45, 7) is 7.34. The van der Waals surface area contributed by atoms with Crippen molar-refractivity contribution in [3.8, 4) is 0 Å². The molecule has 16 heteroatoms. The zero-order chi connectivity index (χ0) is 38.4. The van der Waals surface area contributed by atoms with Crippen LogP contribution in [0.4, 0.5) is 16.2 Å². The lowest BCUT2D eigenvalue weighted by Gasteiger charge is -2.31. The average Bonchev–Trinajstić information content (AvgIpc) is 3.60. The van der Waals surface area contributed by atoms with E-state index >= 15 is 0 Å². The number of carbonyl (C=O) groups is 7. The van der Waals surface area contributed by atoms with Gasteiger partial charge in [0.05, 0.1) is 18.7 Å². The van der Waals surface area contributed by atoms with Gasteiger partial charge in [-0.15, -0.1) is 11.8 Å². The van der Waals surface area contributed by atoms with Gasteiger partial charge in [0.1, 0.15) is 24.2 Å². The monoisotopic (exact) mass is 739 g/mol. The van der Waals surface area contributed by atoms with Gasteiger partial charge >= 0.3 is 12.0 Å². The van der Waals surface area contributed by atoms with E-state index in [4.69, 9.17) is 5.73 Å². The average molecular weight is 740 g/mol. The normalized spacial score (nSPS) is 16.1. The maximum Gasteiger partial charge on any atom is 0.323 e. The highest BCUT2D eigenvalue weighted by molar-refractivity contribution is 7.99. The van der Waals surface area contributed by atoms with Gasteiger partial charge in [-0.2, -0.15) is 0 Å². The minimum atomic E-state index is -1.56. The molecule has 1 aliphatic heterocycles. The van der Waals surface area contributed by atoms with Crippen LogP contribution in [0.5, 0.6) is 0 Å². The van der Waals surface area contributed by atoms with E-state index in [2.05, 4.69) is 26.6 Å². The Bertz CT molecular complexity index is 1610. The summed E-state index contributed by atoms with van der Waals surface area (Å²) in [5.41, 5.74) is 8.18. The highest BCUT2D eigenvalue weighted by Crippen LogP contribution is 2.24. The molecule has 0 spiro atoms. The summed E-state index contributed by atoms with van der Waals surface area (Å²) in [5, 5.41) is 22.9. The van der Waals surface area contributed by atoms with Crippen molar-refractivity contribution in [2.24, 2.45) is 11.7 Å². The Balaban J connectivity index is 1.66. The number of carboxylic acid groups (broad SMARTS) is 1. The maximum atomic E-state index is 13.5. The Morgan fingerprint density at radius 1 is 0.923 bits per heavy atom. The molecule has 7 amide bonds. The number of para-hydroxylation sites is 1. The van der Waals surface area contributed by atoms with Gasteiger partial charge in [0, 0.05) is 17.1 Å². The molecule has 0 saturated carbocycles. The molecule has 15 nitrogen and oxygen atoms in total. The zero-order valence-corrected chi connectivity index (χ0v) is 30.7. The summed E-state index contributed by atoms with van der Waals surface area (Å²) in [5.74, 6) is -4.56. The van der Waals surface area contributed by atoms with Gasteiger partial charge in [0.2, 0.25) is 29.5 Å². The van der Waals surface area contributed by atoms with Crippen molar-refractivity contribution < 1.29 is 38.7 Å². The Kier molecular flexibility index (Phi) is 15.9. The first-order valence-corrected chi connectivity index (χ1v) is 18.4. The molecule has 8 N–H and O–H groups in total. The number of nitrogens with two attached hydrogens (primary N) is 1. The Morgan fingerprint density at radius 3 is 2.21 bits per heavy atom. The summed E-state index contributed by atoms with van der Waals surface area (Å²) in [7, 11) is 0. The molecule has 0 radical (unpaired) electrons. The SMILES string of the molecule is CCCC[C@H](NC(=O)Cc1ccc(NC(=O)Nc2ccccc2C)cc1)C(=O)N[C@@H](CC(=O)O)C(=O)N[C@H](C(=O)N1CSC[C@@H]1C(N)=O)C(C)CC. The molecule has 3 rings (SSSR count). The van der Waals surface area contributed by atoms with Crippen LogP contribution in [0.3, 0.4) is 0 Å². The number of primary amides is 1. The first-order chi connectivity index (χ1) is 24.7. The molecule has 5 atom stereocenters. The van der Waals surface area contributed by atoms with E-state index in [1.807, 2.05) is 39.0 Å². The summed E-state index contributed by atoms with van der Waals surface area (Å²) >= 11 is 1.35. The third kappa shape index (κ3) is 12.3. The third-order valence-corrected chi connectivity index (χ3v) is 9.76. The van der Waals surface area contributed by atoms with Crippen LogP contribution < -0.4 is 32.3 Å². The van der Waals surface area contributed by atoms with E-state index in [1.165, 1.54) is 16.7 Å². The number of rotatable bonds is 18. The lowest BCUT2D eigenvalue weighted by Crippen LogP contribution is -2.60. The lowest BCUT2D eigenvalue weighted by atomic mass is 9.96. The lowest BCUT2D eigenvalue weighted by molar-refractivity contribution is -0.143. The number of anilines is 2. The number of aryl methyl sites for hydroxylation is 1. The van der Waals surface area contributed by atoms with E-state index in [-0.39, 0.29) is 18.7 Å². The van der Waals surface area contributed by atoms with Gasteiger partial charge in [-0.1, -0.05) is 70.4 Å². The van der Waals surface area contributed by atoms with E-state index < -0.39 is 78.0 Å². The van der Waals surface area contributed by atoms with Crippen LogP contribution in [0.25, 0.3) is 0 Å². The summed E-state index contributed by atoms with van der Waals surface area (Å²) in [6.07, 6.45) is 1.08. The summed E-state index contributed by atoms with van der Waals surface area (Å²) < 4.78 is 0. The van der Waals surface area contributed by atoms with Crippen molar-refractivity contribution >= 4 is 64.7 Å². The number of hydrogen-bond donors (Lipinski definition) is 7. The van der Waals surface area contributed by atoms with E-state index in [9.17, 15) is 38.7 Å². The van der Waals surface area contributed by atoms with Crippen LogP contribution in [-0.2, 0) is 35.2 Å². The van der Waals surface area contributed by atoms with E-state index in [1.54, 1.807) is 37.3 Å². The fourth-order valence-corrected chi connectivity index (χ4v) is 6.66. The van der Waals surface area contributed by atoms with Crippen LogP contribution in [0.1, 0.15) is 64.0 Å². The predicted molar refractivity (Wildman–Crippen MR) is 198 cm³/mol. The minimum absolute atomic E-state index is 0.0928. The third-order valence-electron chi connectivity index (χ3n) is 8.75. The predicted octanol–water partition coefficient (Wildman–Crippen LogP) is 2.73. The van der Waals surface area contributed by atoms with Crippen LogP contribution in [-0.4, -0.2) is 87.3 Å². The largest absolute Gasteiger partial charge is 0.481 e. The first-order valence-electron chi connectivity index (χ1n) is 17.3. The van der Waals surface area contributed by atoms with Crippen LogP contribution >= 0.6 is 11.8 Å². The van der Waals surface area contributed by atoms with Gasteiger partial charge < -0.3 is 42.3 Å². The standard InChI is InChI=1S/C36H49N7O8S/c1-5-7-11-26(39-29(44)17-23-13-15-24(16-14-23)38-36(51)41-25-12-9-8-10-22(25)4)33(48)40-27(18-30(45)46)34(49)42-31(21(3)6-2)35(50)43-20-52-19-28(43)32(37)47/h8-10,12-16,21,26-28,31H,5-7,11,17-20H2,1-4H3,(H2,37,47)(H,39,44)(H,40,48)(H,42,49)(H,45,46)(H2,38,41,51)/t21?,26-,27-,28+,31-/m0/s1. The Morgan fingerprint density at radius 2 is 1.60 bits per heavy atom. The summed E-state index contributed by atoms with van der Waals surface area (Å²) in [6, 6.07) is 8.96. The molecule has 2 aromatic carbocycles. The number of carboxylic acids is 1. The van der Waals surface area contributed by atoms with Gasteiger partial charge in [-0.25, -0.2) is 4.79 Å². The number of urea groups is 1. The van der Waals surface area contributed by atoms with Crippen LogP contribution in [0, 0.1) is 12.8 Å². The number of nitrogens with zero attached hydrogens (tertiary/aromatic N) is 1. The molecule has 1 unspecified atom stereocenters. The van der Waals surface area contributed by atoms with Crippen LogP contribution in [0.2, 0.25) is 0 Å². The molecule has 0 aliphatic carbocycles. The fraction of sp³-hybridized carbons (Fsp3) is 0.472. The molecule has 1 saturated heterocycles. The quantitative estimate of drug-likeness (QED) is 0.119. The van der Waals surface area contributed by atoms with Crippen LogP contribution in [0.15, 0.2) is 48.5 Å². The molecular weight excluding hydrogens is 691 g/mol. The van der Waals surface area contributed by atoms with Crippen molar-refractivity contribution in [1.82, 2.24) is 20.9 Å². The molecule has 1 aliphatic rings. The van der Waals surface area contributed by atoms with Crippen molar-refractivity contribution in [2.45, 2.75) is 90.4 Å². The van der Waals surface area contributed by atoms with Crippen molar-refractivity contribution in [3.63, 3.8) is 0 Å². The number of aliphatic carboxylic acids is 1. The Labute approximate surface area is 307 Å². The highest BCUT2D eigenvalue weighted by atomic mass is 32.2. The molecule has 1 fully saturated rings. The van der Waals surface area contributed by atoms with Crippen molar-refractivity contribution in [2.75, 3.05) is 22.3 Å². The molecular formula is C36H49N7O8S. The van der Waals surface area contributed by atoms with Crippen molar-refractivity contribution in [3.05, 3.63) is 59.7 Å². The second kappa shape index (κ2) is 20.1. The second-order valence-electron chi connectivity index (χ2n) is 12.8. The van der Waals surface area contributed by atoms with Gasteiger partial charge in [-0.3, -0.25) is 28.8 Å². The molecule has 52 heavy (non-hydrogen) atoms. The van der Waals surface area contributed by atoms with Gasteiger partial charge in [-0.05, 0) is 48.6 Å². The van der Waals surface area contributed by atoms with Gasteiger partial charge in [0.15, 0.2) is 0 Å². The van der Waals surface area contributed by atoms with E-state index in [0.29, 0.717) is 42.0 Å². The molecule has 282 valence electrons. The second-order valence-corrected chi connectivity index (χ2v) is 13.8. The van der Waals surface area contributed by atoms with E-state index in [0.717, 1.165) is 5.56 Å². The first kappa shape index (κ1) is 41.3. The number of nitrogens with one attached hydrogen (secondary N) is 5. The fourth-order valence-electron chi connectivity index (χ4n) is 5.48. The molecule has 1 heterocycles. The molecule has 2 aromatic rings. The highest BCUT2D eigenvalue weighted by Gasteiger charge is 2.40. The smallest absolute Gasteiger partial charge is 0.323 e. The number of benzene rings is 2. The zero-order valence-electron chi connectivity index (χ0n) is 29.9. The number of hydrogen-bond acceptors (Lipinski definition) is 8. The summed E-state index contributed by atoms with van der Waals surface area (Å²) in [4.78, 5) is 91.1. The van der Waals surface area contributed by atoms with Gasteiger partial charge in [0.25, 0.3) is 0 Å². The Hall–Kier alpha value is -5.12. The van der Waals surface area contributed by atoms with Crippen molar-refractivity contribution in [1.29, 1.82) is 0 Å². The number of unbranched alkanes of at least 4 members (excludes halogenated alkanes) is 1. The number of amides is 7. The number of thioether (sulfide) groups is 1. The topological polar surface area (TPSA) is 229 Å². The maximum absolute atomic E-state index is 13.5. The molecule has 0 bridgehead atoms. The minimum Gasteiger partial charge on any atom is -0.481 e.